The van der Waals surface area contributed by atoms with Crippen molar-refractivity contribution in [3.8, 4) is 0 Å². The highest BCUT2D eigenvalue weighted by molar-refractivity contribution is 5.82. The molecule has 0 spiro atoms. The molecular weight excluding hydrogens is 338 g/mol. The van der Waals surface area contributed by atoms with Crippen LogP contribution in [0.15, 0.2) is 55.0 Å². The number of rotatable bonds is 7. The van der Waals surface area contributed by atoms with Gasteiger partial charge in [-0.3, -0.25) is 9.48 Å². The minimum atomic E-state index is 0.0581. The molecular formula is C21H23N5O. The molecule has 2 aromatic heterocycles. The Morgan fingerprint density at radius 2 is 2.00 bits per heavy atom. The zero-order valence-electron chi connectivity index (χ0n) is 15.4. The van der Waals surface area contributed by atoms with Crippen molar-refractivity contribution in [2.45, 2.75) is 32.9 Å². The molecule has 6 nitrogen and oxygen atoms in total. The number of nitrogens with one attached hydrogen (secondary N) is 1. The summed E-state index contributed by atoms with van der Waals surface area (Å²) in [7, 11) is 0. The maximum absolute atomic E-state index is 12.2. The first kappa shape index (κ1) is 17.3. The lowest BCUT2D eigenvalue weighted by atomic mass is 10.2. The molecule has 0 radical (unpaired) electrons. The standard InChI is InChI=1S/C21H23N5O/c1-16-6-4-7-17-14-24-26(21(16)17)13-10-20(27)22-11-5-12-25-15-23-18-8-2-3-9-19(18)25/h2-4,6-9,14-15H,5,10-13H2,1H3,(H,22,27). The van der Waals surface area contributed by atoms with Crippen LogP contribution >= 0.6 is 0 Å². The lowest BCUT2D eigenvalue weighted by Crippen LogP contribution is -2.26. The number of fused-ring (bicyclic) bond motifs is 2. The zero-order valence-corrected chi connectivity index (χ0v) is 15.4. The molecule has 0 fully saturated rings. The second kappa shape index (κ2) is 7.61. The van der Waals surface area contributed by atoms with Gasteiger partial charge in [0, 0.05) is 24.9 Å². The number of amides is 1. The molecule has 6 heteroatoms. The summed E-state index contributed by atoms with van der Waals surface area (Å²) in [4.78, 5) is 16.5. The molecule has 0 atom stereocenters. The highest BCUT2D eigenvalue weighted by Gasteiger charge is 2.08. The van der Waals surface area contributed by atoms with Crippen LogP contribution in [0, 0.1) is 6.92 Å². The van der Waals surface area contributed by atoms with Gasteiger partial charge < -0.3 is 9.88 Å². The summed E-state index contributed by atoms with van der Waals surface area (Å²) < 4.78 is 4.04. The van der Waals surface area contributed by atoms with Crippen LogP contribution in [-0.4, -0.2) is 31.8 Å². The molecule has 2 aromatic carbocycles. The Morgan fingerprint density at radius 3 is 2.93 bits per heavy atom. The molecule has 1 N–H and O–H groups in total. The Bertz CT molecular complexity index is 1080. The first-order chi connectivity index (χ1) is 13.2. The van der Waals surface area contributed by atoms with E-state index in [1.54, 1.807) is 0 Å². The predicted molar refractivity (Wildman–Crippen MR) is 106 cm³/mol. The maximum atomic E-state index is 12.2. The fraction of sp³-hybridized carbons (Fsp3) is 0.286. The van der Waals surface area contributed by atoms with Crippen molar-refractivity contribution in [1.29, 1.82) is 0 Å². The fourth-order valence-corrected chi connectivity index (χ4v) is 3.46. The maximum Gasteiger partial charge on any atom is 0.221 e. The van der Waals surface area contributed by atoms with Gasteiger partial charge in [-0.25, -0.2) is 4.98 Å². The second-order valence-electron chi connectivity index (χ2n) is 6.76. The summed E-state index contributed by atoms with van der Waals surface area (Å²) in [5.74, 6) is 0.0581. The molecule has 27 heavy (non-hydrogen) atoms. The van der Waals surface area contributed by atoms with Gasteiger partial charge in [0.2, 0.25) is 5.91 Å². The largest absolute Gasteiger partial charge is 0.356 e. The molecule has 4 rings (SSSR count). The Hall–Kier alpha value is -3.15. The predicted octanol–water partition coefficient (Wildman–Crippen LogP) is 3.29. The van der Waals surface area contributed by atoms with Crippen molar-refractivity contribution >= 4 is 27.8 Å². The van der Waals surface area contributed by atoms with Crippen molar-refractivity contribution in [1.82, 2.24) is 24.6 Å². The Balaban J connectivity index is 1.25. The van der Waals surface area contributed by atoms with E-state index in [-0.39, 0.29) is 5.91 Å². The van der Waals surface area contributed by atoms with Crippen LogP contribution in [0.25, 0.3) is 21.9 Å². The average Bonchev–Trinajstić information content (AvgIpc) is 3.29. The van der Waals surface area contributed by atoms with Crippen LogP contribution in [0.5, 0.6) is 0 Å². The van der Waals surface area contributed by atoms with E-state index in [4.69, 9.17) is 0 Å². The number of carbonyl (C=O) groups excluding carboxylic acids is 1. The van der Waals surface area contributed by atoms with Gasteiger partial charge >= 0.3 is 0 Å². The molecule has 0 saturated carbocycles. The summed E-state index contributed by atoms with van der Waals surface area (Å²) >= 11 is 0. The Labute approximate surface area is 157 Å². The third-order valence-electron chi connectivity index (χ3n) is 4.84. The average molecular weight is 361 g/mol. The molecule has 0 saturated heterocycles. The minimum Gasteiger partial charge on any atom is -0.356 e. The van der Waals surface area contributed by atoms with Gasteiger partial charge in [-0.15, -0.1) is 0 Å². The molecule has 0 aliphatic carbocycles. The van der Waals surface area contributed by atoms with Crippen LogP contribution in [0.1, 0.15) is 18.4 Å². The van der Waals surface area contributed by atoms with Crippen molar-refractivity contribution in [3.63, 3.8) is 0 Å². The summed E-state index contributed by atoms with van der Waals surface area (Å²) in [6.45, 7) is 4.15. The molecule has 0 unspecified atom stereocenters. The van der Waals surface area contributed by atoms with Crippen LogP contribution in [-0.2, 0) is 17.9 Å². The van der Waals surface area contributed by atoms with E-state index >= 15 is 0 Å². The topological polar surface area (TPSA) is 64.7 Å². The summed E-state index contributed by atoms with van der Waals surface area (Å²) in [5, 5.41) is 8.53. The molecule has 0 aliphatic rings. The highest BCUT2D eigenvalue weighted by Crippen LogP contribution is 2.18. The van der Waals surface area contributed by atoms with Gasteiger partial charge in [-0.1, -0.05) is 30.3 Å². The number of hydrogen-bond donors (Lipinski definition) is 1. The van der Waals surface area contributed by atoms with Gasteiger partial charge in [-0.05, 0) is 31.0 Å². The molecule has 1 amide bonds. The smallest absolute Gasteiger partial charge is 0.221 e. The van der Waals surface area contributed by atoms with Gasteiger partial charge in [-0.2, -0.15) is 5.10 Å². The van der Waals surface area contributed by atoms with E-state index in [1.807, 2.05) is 47.5 Å². The van der Waals surface area contributed by atoms with Crippen molar-refractivity contribution in [2.24, 2.45) is 0 Å². The zero-order chi connectivity index (χ0) is 18.6. The Kier molecular flexibility index (Phi) is 4.87. The summed E-state index contributed by atoms with van der Waals surface area (Å²) in [5.41, 5.74) is 4.42. The first-order valence-corrected chi connectivity index (χ1v) is 9.30. The monoisotopic (exact) mass is 361 g/mol. The molecule has 2 heterocycles. The van der Waals surface area contributed by atoms with Crippen molar-refractivity contribution in [3.05, 3.63) is 60.6 Å². The van der Waals surface area contributed by atoms with E-state index in [1.165, 1.54) is 5.56 Å². The minimum absolute atomic E-state index is 0.0581. The van der Waals surface area contributed by atoms with E-state index in [2.05, 4.69) is 39.0 Å². The quantitative estimate of drug-likeness (QED) is 0.514. The number of hydrogen-bond acceptors (Lipinski definition) is 3. The molecule has 4 aromatic rings. The normalized spacial score (nSPS) is 11.3. The van der Waals surface area contributed by atoms with Crippen LogP contribution < -0.4 is 5.32 Å². The number of para-hydroxylation sites is 3. The van der Waals surface area contributed by atoms with E-state index < -0.39 is 0 Å². The van der Waals surface area contributed by atoms with Gasteiger partial charge in [0.15, 0.2) is 0 Å². The van der Waals surface area contributed by atoms with Crippen LogP contribution in [0.4, 0.5) is 0 Å². The summed E-state index contributed by atoms with van der Waals surface area (Å²) in [6, 6.07) is 14.2. The van der Waals surface area contributed by atoms with E-state index in [0.717, 1.165) is 34.9 Å². The van der Waals surface area contributed by atoms with Gasteiger partial charge in [0.05, 0.1) is 35.6 Å². The number of imidazole rings is 1. The SMILES string of the molecule is Cc1cccc2cnn(CCC(=O)NCCCn3cnc4ccccc43)c12. The molecule has 0 bridgehead atoms. The molecule has 138 valence electrons. The number of aromatic nitrogens is 4. The third kappa shape index (κ3) is 3.69. The van der Waals surface area contributed by atoms with Crippen molar-refractivity contribution < 1.29 is 4.79 Å². The second-order valence-corrected chi connectivity index (χ2v) is 6.76. The van der Waals surface area contributed by atoms with Gasteiger partial charge in [0.25, 0.3) is 0 Å². The summed E-state index contributed by atoms with van der Waals surface area (Å²) in [6.07, 6.45) is 5.02. The highest BCUT2D eigenvalue weighted by atomic mass is 16.1. The van der Waals surface area contributed by atoms with E-state index in [0.29, 0.717) is 19.5 Å². The number of carbonyl (C=O) groups is 1. The lowest BCUT2D eigenvalue weighted by Gasteiger charge is -2.08. The fourth-order valence-electron chi connectivity index (χ4n) is 3.46. The van der Waals surface area contributed by atoms with Crippen molar-refractivity contribution in [2.75, 3.05) is 6.54 Å². The van der Waals surface area contributed by atoms with Crippen LogP contribution in [0.3, 0.4) is 0 Å². The molecule has 0 aliphatic heterocycles. The number of nitrogens with zero attached hydrogens (tertiary/aromatic N) is 4. The third-order valence-corrected chi connectivity index (χ3v) is 4.84. The van der Waals surface area contributed by atoms with Crippen LogP contribution in [0.2, 0.25) is 0 Å². The first-order valence-electron chi connectivity index (χ1n) is 9.30. The number of benzene rings is 2. The lowest BCUT2D eigenvalue weighted by molar-refractivity contribution is -0.121. The van der Waals surface area contributed by atoms with E-state index in [9.17, 15) is 4.79 Å². The number of aryl methyl sites for hydroxylation is 3. The Morgan fingerprint density at radius 1 is 1.11 bits per heavy atom. The van der Waals surface area contributed by atoms with Gasteiger partial charge in [0.1, 0.15) is 0 Å².